The average molecular weight is 362 g/mol. The van der Waals surface area contributed by atoms with Crippen LogP contribution in [0.25, 0.3) is 22.2 Å². The van der Waals surface area contributed by atoms with E-state index in [-0.39, 0.29) is 5.91 Å². The van der Waals surface area contributed by atoms with E-state index in [1.165, 1.54) is 0 Å². The van der Waals surface area contributed by atoms with E-state index >= 15 is 0 Å². The molecule has 0 saturated carbocycles. The maximum atomic E-state index is 11.8. The lowest BCUT2D eigenvalue weighted by Crippen LogP contribution is -2.39. The fourth-order valence-corrected chi connectivity index (χ4v) is 3.73. The molecule has 2 N–H and O–H groups in total. The summed E-state index contributed by atoms with van der Waals surface area (Å²) in [4.78, 5) is 24.4. The Balaban J connectivity index is 1.80. The monoisotopic (exact) mass is 362 g/mol. The van der Waals surface area contributed by atoms with Crippen molar-refractivity contribution in [2.45, 2.75) is 31.7 Å². The molecule has 2 aromatic heterocycles. The predicted molar refractivity (Wildman–Crippen MR) is 104 cm³/mol. The number of H-pyrrole nitrogens is 1. The molecule has 1 fully saturated rings. The maximum absolute atomic E-state index is 11.8. The highest BCUT2D eigenvalue weighted by molar-refractivity contribution is 5.87. The molecule has 1 amide bonds. The van der Waals surface area contributed by atoms with Gasteiger partial charge in [0.2, 0.25) is 5.91 Å². The highest BCUT2D eigenvalue weighted by atomic mass is 16.5. The normalized spacial score (nSPS) is 19.3. The molecule has 4 rings (SSSR count). The summed E-state index contributed by atoms with van der Waals surface area (Å²) in [5.74, 6) is 1.51. The summed E-state index contributed by atoms with van der Waals surface area (Å²) in [6.07, 6.45) is 5.43. The van der Waals surface area contributed by atoms with Crippen molar-refractivity contribution < 1.29 is 9.53 Å². The Morgan fingerprint density at radius 3 is 2.93 bits per heavy atom. The number of fused-ring (bicyclic) bond motifs is 1. The number of nitrogens with zero attached hydrogens (tertiary/aromatic N) is 2. The summed E-state index contributed by atoms with van der Waals surface area (Å²) in [6.45, 7) is 5.80. The lowest BCUT2D eigenvalue weighted by Gasteiger charge is -2.25. The molecule has 1 aliphatic heterocycles. The number of methoxy groups -OCH3 is 1. The van der Waals surface area contributed by atoms with Gasteiger partial charge in [0.1, 0.15) is 17.1 Å². The highest BCUT2D eigenvalue weighted by Gasteiger charge is 2.40. The van der Waals surface area contributed by atoms with E-state index in [4.69, 9.17) is 4.74 Å². The van der Waals surface area contributed by atoms with Crippen molar-refractivity contribution in [3.8, 4) is 17.0 Å². The number of carbonyl (C=O) groups excluding carboxylic acids is 1. The second kappa shape index (κ2) is 6.54. The van der Waals surface area contributed by atoms with Crippen LogP contribution in [0.5, 0.6) is 5.75 Å². The number of hydrogen-bond donors (Lipinski definition) is 2. The number of aromatic nitrogens is 3. The zero-order valence-electron chi connectivity index (χ0n) is 15.5. The molecule has 3 aromatic rings. The van der Waals surface area contributed by atoms with Crippen LogP contribution < -0.4 is 10.1 Å². The van der Waals surface area contributed by atoms with Crippen LogP contribution in [-0.2, 0) is 10.3 Å². The molecule has 0 bridgehead atoms. The van der Waals surface area contributed by atoms with Gasteiger partial charge in [-0.3, -0.25) is 9.78 Å². The van der Waals surface area contributed by atoms with Crippen LogP contribution in [0.15, 0.2) is 43.1 Å². The van der Waals surface area contributed by atoms with Gasteiger partial charge in [0.05, 0.1) is 24.5 Å². The SMILES string of the molecule is C=CCC1(c2ncc(-c3cc4ccc(C)nc4cc3OC)[nH]2)CCC(=O)N1. The molecule has 0 spiro atoms. The van der Waals surface area contributed by atoms with Crippen molar-refractivity contribution in [3.63, 3.8) is 0 Å². The van der Waals surface area contributed by atoms with Gasteiger partial charge in [-0.25, -0.2) is 4.98 Å². The molecule has 1 aromatic carbocycles. The minimum absolute atomic E-state index is 0.0412. The van der Waals surface area contributed by atoms with Gasteiger partial charge in [0.25, 0.3) is 0 Å². The fourth-order valence-electron chi connectivity index (χ4n) is 3.73. The Kier molecular flexibility index (Phi) is 4.18. The lowest BCUT2D eigenvalue weighted by atomic mass is 9.92. The van der Waals surface area contributed by atoms with Gasteiger partial charge >= 0.3 is 0 Å². The number of nitrogens with one attached hydrogen (secondary N) is 2. The summed E-state index contributed by atoms with van der Waals surface area (Å²) in [5, 5.41) is 4.10. The fraction of sp³-hybridized carbons (Fsp3) is 0.286. The van der Waals surface area contributed by atoms with Crippen LogP contribution in [0, 0.1) is 6.92 Å². The largest absolute Gasteiger partial charge is 0.496 e. The van der Waals surface area contributed by atoms with E-state index in [0.29, 0.717) is 19.3 Å². The van der Waals surface area contributed by atoms with E-state index in [1.54, 1.807) is 13.3 Å². The van der Waals surface area contributed by atoms with Crippen LogP contribution >= 0.6 is 0 Å². The standard InChI is InChI=1S/C21H22N4O2/c1-4-8-21(9-7-19(26)25-21)20-22-12-17(24-20)15-10-14-6-5-13(2)23-16(14)11-18(15)27-3/h4-6,10-12H,1,7-9H2,2-3H3,(H,22,24)(H,25,26). The number of rotatable bonds is 5. The zero-order valence-corrected chi connectivity index (χ0v) is 15.5. The highest BCUT2D eigenvalue weighted by Crippen LogP contribution is 2.37. The molecule has 1 saturated heterocycles. The Morgan fingerprint density at radius 2 is 2.22 bits per heavy atom. The number of pyridine rings is 1. The van der Waals surface area contributed by atoms with E-state index < -0.39 is 5.54 Å². The molecule has 0 radical (unpaired) electrons. The molecule has 1 aliphatic rings. The van der Waals surface area contributed by atoms with Gasteiger partial charge < -0.3 is 15.0 Å². The number of amides is 1. The number of aromatic amines is 1. The van der Waals surface area contributed by atoms with Gasteiger partial charge in [0.15, 0.2) is 0 Å². The summed E-state index contributed by atoms with van der Waals surface area (Å²) >= 11 is 0. The van der Waals surface area contributed by atoms with Crippen LogP contribution in [0.1, 0.15) is 30.8 Å². The van der Waals surface area contributed by atoms with Gasteiger partial charge in [-0.1, -0.05) is 12.1 Å². The smallest absolute Gasteiger partial charge is 0.220 e. The van der Waals surface area contributed by atoms with Crippen molar-refractivity contribution in [1.82, 2.24) is 20.3 Å². The van der Waals surface area contributed by atoms with Crippen molar-refractivity contribution >= 4 is 16.8 Å². The molecule has 1 atom stereocenters. The summed E-state index contributed by atoms with van der Waals surface area (Å²) in [6, 6.07) is 8.03. The topological polar surface area (TPSA) is 79.9 Å². The van der Waals surface area contributed by atoms with Crippen LogP contribution in [-0.4, -0.2) is 28.0 Å². The van der Waals surface area contributed by atoms with Crippen LogP contribution in [0.4, 0.5) is 0 Å². The number of imidazole rings is 1. The minimum Gasteiger partial charge on any atom is -0.496 e. The first-order valence-corrected chi connectivity index (χ1v) is 8.98. The number of carbonyl (C=O) groups is 1. The molecule has 1 unspecified atom stereocenters. The summed E-state index contributed by atoms with van der Waals surface area (Å²) in [5.41, 5.74) is 3.09. The Bertz CT molecular complexity index is 1040. The van der Waals surface area contributed by atoms with Gasteiger partial charge in [-0.15, -0.1) is 6.58 Å². The van der Waals surface area contributed by atoms with E-state index in [1.807, 2.05) is 37.3 Å². The van der Waals surface area contributed by atoms with E-state index in [2.05, 4.69) is 26.8 Å². The van der Waals surface area contributed by atoms with Crippen LogP contribution in [0.3, 0.4) is 0 Å². The number of hydrogen-bond acceptors (Lipinski definition) is 4. The Hall–Kier alpha value is -3.15. The Labute approximate surface area is 157 Å². The Morgan fingerprint density at radius 1 is 1.37 bits per heavy atom. The van der Waals surface area contributed by atoms with Crippen molar-refractivity contribution in [3.05, 3.63) is 54.6 Å². The lowest BCUT2D eigenvalue weighted by molar-refractivity contribution is -0.119. The van der Waals surface area contributed by atoms with Gasteiger partial charge in [-0.2, -0.15) is 0 Å². The molecule has 0 aliphatic carbocycles. The molecular formula is C21H22N4O2. The van der Waals surface area contributed by atoms with E-state index in [0.717, 1.165) is 39.4 Å². The molecule has 6 heteroatoms. The summed E-state index contributed by atoms with van der Waals surface area (Å²) in [7, 11) is 1.65. The number of ether oxygens (including phenoxy) is 1. The van der Waals surface area contributed by atoms with E-state index in [9.17, 15) is 4.79 Å². The predicted octanol–water partition coefficient (Wildman–Crippen LogP) is 3.62. The van der Waals surface area contributed by atoms with Crippen LogP contribution in [0.2, 0.25) is 0 Å². The first-order chi connectivity index (χ1) is 13.0. The van der Waals surface area contributed by atoms with Gasteiger partial charge in [0, 0.05) is 29.1 Å². The molecular weight excluding hydrogens is 340 g/mol. The van der Waals surface area contributed by atoms with Gasteiger partial charge in [-0.05, 0) is 31.9 Å². The summed E-state index contributed by atoms with van der Waals surface area (Å²) < 4.78 is 5.60. The van der Waals surface area contributed by atoms with Crippen molar-refractivity contribution in [2.24, 2.45) is 0 Å². The molecule has 27 heavy (non-hydrogen) atoms. The third-order valence-corrected chi connectivity index (χ3v) is 5.12. The zero-order chi connectivity index (χ0) is 19.0. The van der Waals surface area contributed by atoms with Crippen molar-refractivity contribution in [1.29, 1.82) is 0 Å². The van der Waals surface area contributed by atoms with Crippen molar-refractivity contribution in [2.75, 3.05) is 7.11 Å². The second-order valence-corrected chi connectivity index (χ2v) is 6.97. The molecule has 3 heterocycles. The third-order valence-electron chi connectivity index (χ3n) is 5.12. The minimum atomic E-state index is -0.514. The number of benzene rings is 1. The molecule has 6 nitrogen and oxygen atoms in total. The average Bonchev–Trinajstić information content (AvgIpc) is 3.29. The molecule has 138 valence electrons. The second-order valence-electron chi connectivity index (χ2n) is 6.97. The third kappa shape index (κ3) is 2.97. The quantitative estimate of drug-likeness (QED) is 0.679. The first kappa shape index (κ1) is 17.3. The number of aryl methyl sites for hydroxylation is 1. The maximum Gasteiger partial charge on any atom is 0.220 e. The first-order valence-electron chi connectivity index (χ1n) is 8.98.